The summed E-state index contributed by atoms with van der Waals surface area (Å²) in [5.41, 5.74) is 0.725. The zero-order valence-electron chi connectivity index (χ0n) is 11.4. The molecule has 1 amide bonds. The molecule has 1 aromatic rings. The summed E-state index contributed by atoms with van der Waals surface area (Å²) in [5.74, 6) is -1.67. The SMILES string of the molecule is COC(=O)NC1CCCN(Cc2ccc(F)c(F)c2)C1. The summed E-state index contributed by atoms with van der Waals surface area (Å²) in [4.78, 5) is 13.3. The fraction of sp³-hybridized carbons (Fsp3) is 0.500. The standard InChI is InChI=1S/C14H18F2N2O2/c1-20-14(19)17-11-3-2-6-18(9-11)8-10-4-5-12(15)13(16)7-10/h4-5,7,11H,2-3,6,8-9H2,1H3,(H,17,19). The molecule has 20 heavy (non-hydrogen) atoms. The number of carbonyl (C=O) groups is 1. The number of nitrogens with one attached hydrogen (secondary N) is 1. The van der Waals surface area contributed by atoms with E-state index in [0.717, 1.165) is 31.0 Å². The number of rotatable bonds is 3. The van der Waals surface area contributed by atoms with Crippen molar-refractivity contribution in [2.75, 3.05) is 20.2 Å². The van der Waals surface area contributed by atoms with E-state index in [-0.39, 0.29) is 6.04 Å². The Labute approximate surface area is 116 Å². The van der Waals surface area contributed by atoms with Crippen LogP contribution in [0.2, 0.25) is 0 Å². The van der Waals surface area contributed by atoms with Crippen LogP contribution in [-0.2, 0) is 11.3 Å². The van der Waals surface area contributed by atoms with Crippen molar-refractivity contribution in [2.24, 2.45) is 0 Å². The fourth-order valence-corrected chi connectivity index (χ4v) is 2.44. The second-order valence-corrected chi connectivity index (χ2v) is 4.96. The number of alkyl carbamates (subject to hydrolysis) is 1. The monoisotopic (exact) mass is 284 g/mol. The lowest BCUT2D eigenvalue weighted by Crippen LogP contribution is -2.47. The number of likely N-dealkylation sites (tertiary alicyclic amines) is 1. The van der Waals surface area contributed by atoms with Crippen LogP contribution in [0.5, 0.6) is 0 Å². The number of methoxy groups -OCH3 is 1. The molecule has 1 atom stereocenters. The minimum atomic E-state index is -0.836. The summed E-state index contributed by atoms with van der Waals surface area (Å²) < 4.78 is 30.6. The van der Waals surface area contributed by atoms with Crippen molar-refractivity contribution < 1.29 is 18.3 Å². The zero-order valence-corrected chi connectivity index (χ0v) is 11.4. The number of carbonyl (C=O) groups excluding carboxylic acids is 1. The first-order valence-electron chi connectivity index (χ1n) is 6.59. The average Bonchev–Trinajstić information content (AvgIpc) is 2.43. The molecule has 1 unspecified atom stereocenters. The normalized spacial score (nSPS) is 19.6. The third-order valence-corrected chi connectivity index (χ3v) is 3.40. The van der Waals surface area contributed by atoms with Crippen LogP contribution >= 0.6 is 0 Å². The lowest BCUT2D eigenvalue weighted by Gasteiger charge is -2.32. The molecule has 2 rings (SSSR count). The third kappa shape index (κ3) is 3.90. The minimum Gasteiger partial charge on any atom is -0.453 e. The lowest BCUT2D eigenvalue weighted by molar-refractivity contribution is 0.145. The van der Waals surface area contributed by atoms with Gasteiger partial charge in [0.2, 0.25) is 0 Å². The second-order valence-electron chi connectivity index (χ2n) is 4.96. The summed E-state index contributed by atoms with van der Waals surface area (Å²) in [6, 6.07) is 3.96. The van der Waals surface area contributed by atoms with Gasteiger partial charge in [-0.3, -0.25) is 4.90 Å². The Kier molecular flexibility index (Phi) is 4.89. The highest BCUT2D eigenvalue weighted by atomic mass is 19.2. The van der Waals surface area contributed by atoms with E-state index in [1.807, 2.05) is 0 Å². The molecular formula is C14H18F2N2O2. The van der Waals surface area contributed by atoms with E-state index in [2.05, 4.69) is 15.0 Å². The molecule has 1 N–H and O–H groups in total. The molecule has 4 nitrogen and oxygen atoms in total. The van der Waals surface area contributed by atoms with Gasteiger partial charge < -0.3 is 10.1 Å². The van der Waals surface area contributed by atoms with E-state index >= 15 is 0 Å². The summed E-state index contributed by atoms with van der Waals surface area (Å²) in [6.07, 6.45) is 1.39. The predicted molar refractivity (Wildman–Crippen MR) is 70.2 cm³/mol. The molecule has 0 spiro atoms. The van der Waals surface area contributed by atoms with Gasteiger partial charge in [0.1, 0.15) is 0 Å². The lowest BCUT2D eigenvalue weighted by atomic mass is 10.0. The third-order valence-electron chi connectivity index (χ3n) is 3.40. The number of halogens is 2. The molecule has 1 heterocycles. The molecule has 0 aliphatic carbocycles. The number of nitrogens with zero attached hydrogens (tertiary/aromatic N) is 1. The van der Waals surface area contributed by atoms with Crippen molar-refractivity contribution in [3.8, 4) is 0 Å². The van der Waals surface area contributed by atoms with Gasteiger partial charge in [-0.15, -0.1) is 0 Å². The van der Waals surface area contributed by atoms with Gasteiger partial charge in [-0.1, -0.05) is 6.07 Å². The van der Waals surface area contributed by atoms with Gasteiger partial charge in [0.25, 0.3) is 0 Å². The van der Waals surface area contributed by atoms with Crippen LogP contribution < -0.4 is 5.32 Å². The van der Waals surface area contributed by atoms with Crippen LogP contribution in [0.1, 0.15) is 18.4 Å². The van der Waals surface area contributed by atoms with Crippen LogP contribution in [0, 0.1) is 11.6 Å². The van der Waals surface area contributed by atoms with Gasteiger partial charge in [0.05, 0.1) is 7.11 Å². The van der Waals surface area contributed by atoms with Crippen LogP contribution in [0.25, 0.3) is 0 Å². The maximum Gasteiger partial charge on any atom is 0.407 e. The van der Waals surface area contributed by atoms with Crippen LogP contribution in [-0.4, -0.2) is 37.2 Å². The average molecular weight is 284 g/mol. The van der Waals surface area contributed by atoms with Gasteiger partial charge >= 0.3 is 6.09 Å². The Bertz CT molecular complexity index is 482. The summed E-state index contributed by atoms with van der Waals surface area (Å²) >= 11 is 0. The quantitative estimate of drug-likeness (QED) is 0.926. The van der Waals surface area contributed by atoms with E-state index in [4.69, 9.17) is 0 Å². The van der Waals surface area contributed by atoms with Crippen molar-refractivity contribution in [1.29, 1.82) is 0 Å². The molecule has 1 saturated heterocycles. The number of benzene rings is 1. The topological polar surface area (TPSA) is 41.6 Å². The Balaban J connectivity index is 1.92. The van der Waals surface area contributed by atoms with E-state index in [1.165, 1.54) is 13.2 Å². The molecule has 0 saturated carbocycles. The maximum absolute atomic E-state index is 13.2. The van der Waals surface area contributed by atoms with Gasteiger partial charge in [0.15, 0.2) is 11.6 Å². The number of amides is 1. The molecule has 1 aromatic carbocycles. The first-order valence-corrected chi connectivity index (χ1v) is 6.59. The molecule has 0 aromatic heterocycles. The van der Waals surface area contributed by atoms with E-state index < -0.39 is 17.7 Å². The van der Waals surface area contributed by atoms with Gasteiger partial charge in [-0.05, 0) is 37.1 Å². The molecule has 0 radical (unpaired) electrons. The largest absolute Gasteiger partial charge is 0.453 e. The molecule has 110 valence electrons. The van der Waals surface area contributed by atoms with Crippen LogP contribution in [0.3, 0.4) is 0 Å². The predicted octanol–water partition coefficient (Wildman–Crippen LogP) is 2.29. The second kappa shape index (κ2) is 6.65. The number of ether oxygens (including phenoxy) is 1. The van der Waals surface area contributed by atoms with Gasteiger partial charge in [0, 0.05) is 19.1 Å². The summed E-state index contributed by atoms with van der Waals surface area (Å²) in [6.45, 7) is 2.09. The Morgan fingerprint density at radius 1 is 1.45 bits per heavy atom. The van der Waals surface area contributed by atoms with Crippen molar-refractivity contribution in [2.45, 2.75) is 25.4 Å². The molecule has 1 fully saturated rings. The number of hydrogen-bond donors (Lipinski definition) is 1. The van der Waals surface area contributed by atoms with Crippen molar-refractivity contribution in [3.05, 3.63) is 35.4 Å². The Hall–Kier alpha value is -1.69. The van der Waals surface area contributed by atoms with Gasteiger partial charge in [-0.2, -0.15) is 0 Å². The smallest absolute Gasteiger partial charge is 0.407 e. The highest BCUT2D eigenvalue weighted by Crippen LogP contribution is 2.15. The first kappa shape index (κ1) is 14.7. The maximum atomic E-state index is 13.2. The summed E-state index contributed by atoms with van der Waals surface area (Å²) in [7, 11) is 1.33. The molecule has 6 heteroatoms. The highest BCUT2D eigenvalue weighted by molar-refractivity contribution is 5.67. The number of piperidine rings is 1. The fourth-order valence-electron chi connectivity index (χ4n) is 2.44. The Morgan fingerprint density at radius 3 is 2.95 bits per heavy atom. The molecule has 1 aliphatic heterocycles. The zero-order chi connectivity index (χ0) is 14.5. The van der Waals surface area contributed by atoms with Crippen molar-refractivity contribution >= 4 is 6.09 Å². The van der Waals surface area contributed by atoms with Crippen molar-refractivity contribution in [1.82, 2.24) is 10.2 Å². The van der Waals surface area contributed by atoms with Crippen molar-refractivity contribution in [3.63, 3.8) is 0 Å². The van der Waals surface area contributed by atoms with Gasteiger partial charge in [-0.25, -0.2) is 13.6 Å². The molecular weight excluding hydrogens is 266 g/mol. The van der Waals surface area contributed by atoms with E-state index in [0.29, 0.717) is 13.1 Å². The summed E-state index contributed by atoms with van der Waals surface area (Å²) in [5, 5.41) is 2.77. The first-order chi connectivity index (χ1) is 9.58. The highest BCUT2D eigenvalue weighted by Gasteiger charge is 2.21. The molecule has 0 bridgehead atoms. The number of hydrogen-bond acceptors (Lipinski definition) is 3. The Morgan fingerprint density at radius 2 is 2.25 bits per heavy atom. The van der Waals surface area contributed by atoms with E-state index in [9.17, 15) is 13.6 Å². The van der Waals surface area contributed by atoms with Crippen LogP contribution in [0.15, 0.2) is 18.2 Å². The minimum absolute atomic E-state index is 0.0292. The molecule has 1 aliphatic rings. The van der Waals surface area contributed by atoms with E-state index in [1.54, 1.807) is 6.07 Å². The van der Waals surface area contributed by atoms with Crippen LogP contribution in [0.4, 0.5) is 13.6 Å².